The Bertz CT molecular complexity index is 810. The molecule has 0 atom stereocenters. The SMILES string of the molecule is CN(Cc1cccc(C(=O)C#C[Si](C)(C)C)c1[N+](=O)[O-])C(=O)OC(C)(C)C. The molecule has 8 heteroatoms. The van der Waals surface area contributed by atoms with Crippen LogP contribution in [0.1, 0.15) is 36.7 Å². The van der Waals surface area contributed by atoms with Crippen molar-refractivity contribution in [2.45, 2.75) is 52.6 Å². The third-order valence-corrected chi connectivity index (χ3v) is 4.09. The number of ketones is 1. The summed E-state index contributed by atoms with van der Waals surface area (Å²) in [7, 11) is -0.313. The van der Waals surface area contributed by atoms with Crippen molar-refractivity contribution in [2.24, 2.45) is 0 Å². The van der Waals surface area contributed by atoms with Crippen molar-refractivity contribution in [1.82, 2.24) is 4.90 Å². The molecule has 7 nitrogen and oxygen atoms in total. The molecule has 1 aromatic rings. The van der Waals surface area contributed by atoms with E-state index in [1.807, 2.05) is 19.6 Å². The highest BCUT2D eigenvalue weighted by Crippen LogP contribution is 2.26. The monoisotopic (exact) mass is 390 g/mol. The van der Waals surface area contributed by atoms with E-state index in [4.69, 9.17) is 4.74 Å². The molecule has 146 valence electrons. The number of carbonyl (C=O) groups is 2. The number of carbonyl (C=O) groups excluding carboxylic acids is 2. The number of rotatable bonds is 4. The zero-order valence-corrected chi connectivity index (χ0v) is 17.9. The van der Waals surface area contributed by atoms with E-state index in [9.17, 15) is 19.7 Å². The van der Waals surface area contributed by atoms with Gasteiger partial charge in [0.05, 0.1) is 17.0 Å². The molecule has 0 aliphatic carbocycles. The van der Waals surface area contributed by atoms with E-state index in [-0.39, 0.29) is 23.4 Å². The van der Waals surface area contributed by atoms with Gasteiger partial charge in [0.25, 0.3) is 5.69 Å². The van der Waals surface area contributed by atoms with Crippen LogP contribution in [-0.4, -0.2) is 42.4 Å². The van der Waals surface area contributed by atoms with E-state index in [0.29, 0.717) is 0 Å². The minimum atomic E-state index is -1.80. The largest absolute Gasteiger partial charge is 0.444 e. The summed E-state index contributed by atoms with van der Waals surface area (Å²) in [5.74, 6) is 1.94. The highest BCUT2D eigenvalue weighted by atomic mass is 28.3. The standard InChI is InChI=1S/C19H26N2O5Si/c1-19(2,3)26-18(23)20(4)13-14-9-8-10-15(17(14)21(24)25)16(22)11-12-27(5,6)7/h8-10H,13H2,1-7H3. The Kier molecular flexibility index (Phi) is 6.92. The topological polar surface area (TPSA) is 89.8 Å². The minimum absolute atomic E-state index is 0.0617. The smallest absolute Gasteiger partial charge is 0.410 e. The van der Waals surface area contributed by atoms with Crippen LogP contribution in [0.2, 0.25) is 19.6 Å². The fourth-order valence-electron chi connectivity index (χ4n) is 2.09. The van der Waals surface area contributed by atoms with Crippen molar-refractivity contribution < 1.29 is 19.2 Å². The normalized spacial score (nSPS) is 11.2. The molecule has 0 heterocycles. The third kappa shape index (κ3) is 7.23. The quantitative estimate of drug-likeness (QED) is 0.255. The molecule has 1 amide bonds. The molecule has 1 rings (SSSR count). The maximum absolute atomic E-state index is 12.4. The van der Waals surface area contributed by atoms with Crippen molar-refractivity contribution in [3.63, 3.8) is 0 Å². The number of Topliss-reactive ketones (excluding diaryl/α,β-unsaturated/α-hetero) is 1. The van der Waals surface area contributed by atoms with E-state index in [2.05, 4.69) is 11.5 Å². The fraction of sp³-hybridized carbons (Fsp3) is 0.474. The van der Waals surface area contributed by atoms with Crippen LogP contribution in [0.25, 0.3) is 0 Å². The van der Waals surface area contributed by atoms with Gasteiger partial charge in [-0.1, -0.05) is 31.8 Å². The molecular weight excluding hydrogens is 364 g/mol. The molecule has 0 aromatic heterocycles. The Morgan fingerprint density at radius 2 is 1.85 bits per heavy atom. The van der Waals surface area contributed by atoms with Gasteiger partial charge in [0.15, 0.2) is 0 Å². The fourth-order valence-corrected chi connectivity index (χ4v) is 2.58. The van der Waals surface area contributed by atoms with Crippen LogP contribution in [0, 0.1) is 21.6 Å². The van der Waals surface area contributed by atoms with E-state index in [1.54, 1.807) is 26.8 Å². The molecule has 0 spiro atoms. The Labute approximate surface area is 160 Å². The lowest BCUT2D eigenvalue weighted by atomic mass is 10.0. The number of ether oxygens (including phenoxy) is 1. The Morgan fingerprint density at radius 3 is 2.33 bits per heavy atom. The predicted octanol–water partition coefficient (Wildman–Crippen LogP) is 4.03. The second-order valence-corrected chi connectivity index (χ2v) is 13.0. The average molecular weight is 391 g/mol. The summed E-state index contributed by atoms with van der Waals surface area (Å²) < 4.78 is 5.26. The summed E-state index contributed by atoms with van der Waals surface area (Å²) in [6.07, 6.45) is -0.605. The lowest BCUT2D eigenvalue weighted by Crippen LogP contribution is -2.34. The van der Waals surface area contributed by atoms with Crippen molar-refractivity contribution in [2.75, 3.05) is 7.05 Å². The summed E-state index contributed by atoms with van der Waals surface area (Å²) in [6, 6.07) is 4.45. The molecule has 0 aliphatic rings. The Morgan fingerprint density at radius 1 is 1.26 bits per heavy atom. The lowest BCUT2D eigenvalue weighted by Gasteiger charge is -2.24. The van der Waals surface area contributed by atoms with Gasteiger partial charge < -0.3 is 9.64 Å². The van der Waals surface area contributed by atoms with Gasteiger partial charge >= 0.3 is 6.09 Å². The molecule has 0 saturated heterocycles. The third-order valence-electron chi connectivity index (χ3n) is 3.21. The number of nitro groups is 1. The first-order valence-electron chi connectivity index (χ1n) is 8.49. The molecule has 0 radical (unpaired) electrons. The number of para-hydroxylation sites is 1. The van der Waals surface area contributed by atoms with Gasteiger partial charge in [-0.15, -0.1) is 5.54 Å². The van der Waals surface area contributed by atoms with E-state index >= 15 is 0 Å². The summed E-state index contributed by atoms with van der Waals surface area (Å²) in [4.78, 5) is 36.8. The highest BCUT2D eigenvalue weighted by molar-refractivity contribution is 6.84. The van der Waals surface area contributed by atoms with Crippen molar-refractivity contribution in [3.8, 4) is 11.5 Å². The van der Waals surface area contributed by atoms with Crippen molar-refractivity contribution >= 4 is 25.6 Å². The zero-order valence-electron chi connectivity index (χ0n) is 16.9. The molecule has 0 aliphatic heterocycles. The van der Waals surface area contributed by atoms with E-state index in [1.165, 1.54) is 24.1 Å². The van der Waals surface area contributed by atoms with Gasteiger partial charge in [0.2, 0.25) is 5.78 Å². The predicted molar refractivity (Wildman–Crippen MR) is 106 cm³/mol. The van der Waals surface area contributed by atoms with E-state index in [0.717, 1.165) is 0 Å². The molecular formula is C19H26N2O5Si. The van der Waals surface area contributed by atoms with Crippen LogP contribution in [0.3, 0.4) is 0 Å². The summed E-state index contributed by atoms with van der Waals surface area (Å²) in [5.41, 5.74) is 2.09. The van der Waals surface area contributed by atoms with Crippen molar-refractivity contribution in [1.29, 1.82) is 0 Å². The van der Waals surface area contributed by atoms with Gasteiger partial charge in [-0.25, -0.2) is 4.79 Å². The van der Waals surface area contributed by atoms with Crippen LogP contribution >= 0.6 is 0 Å². The molecule has 0 unspecified atom stereocenters. The molecule has 1 aromatic carbocycles. The number of benzene rings is 1. The Hall–Kier alpha value is -2.66. The van der Waals surface area contributed by atoms with Crippen LogP contribution in [0.5, 0.6) is 0 Å². The second-order valence-electron chi connectivity index (χ2n) is 8.24. The van der Waals surface area contributed by atoms with Gasteiger partial charge in [0, 0.05) is 7.05 Å². The highest BCUT2D eigenvalue weighted by Gasteiger charge is 2.26. The Balaban J connectivity index is 3.23. The van der Waals surface area contributed by atoms with E-state index < -0.39 is 30.5 Å². The van der Waals surface area contributed by atoms with Gasteiger partial charge in [0.1, 0.15) is 19.2 Å². The van der Waals surface area contributed by atoms with Crippen molar-refractivity contribution in [3.05, 3.63) is 39.4 Å². The van der Waals surface area contributed by atoms with Crippen LogP contribution < -0.4 is 0 Å². The maximum atomic E-state index is 12.4. The molecule has 0 bridgehead atoms. The van der Waals surface area contributed by atoms with Gasteiger partial charge in [-0.2, -0.15) is 0 Å². The van der Waals surface area contributed by atoms with Crippen LogP contribution in [-0.2, 0) is 11.3 Å². The lowest BCUT2D eigenvalue weighted by molar-refractivity contribution is -0.385. The first kappa shape index (κ1) is 22.4. The second kappa shape index (κ2) is 8.35. The van der Waals surface area contributed by atoms with Gasteiger partial charge in [-0.3, -0.25) is 14.9 Å². The molecule has 0 N–H and O–H groups in total. The number of amides is 1. The summed E-state index contributed by atoms with van der Waals surface area (Å²) in [5, 5.41) is 11.6. The average Bonchev–Trinajstić information content (AvgIpc) is 2.49. The molecule has 0 saturated carbocycles. The molecule has 0 fully saturated rings. The maximum Gasteiger partial charge on any atom is 0.410 e. The minimum Gasteiger partial charge on any atom is -0.444 e. The number of hydrogen-bond acceptors (Lipinski definition) is 5. The van der Waals surface area contributed by atoms with Crippen LogP contribution in [0.15, 0.2) is 18.2 Å². The molecule has 27 heavy (non-hydrogen) atoms. The number of hydrogen-bond donors (Lipinski definition) is 0. The zero-order chi connectivity index (χ0) is 21.0. The first-order chi connectivity index (χ1) is 12.2. The number of nitrogens with zero attached hydrogens (tertiary/aromatic N) is 2. The number of nitro benzene ring substituents is 1. The van der Waals surface area contributed by atoms with Gasteiger partial charge in [-0.05, 0) is 32.8 Å². The first-order valence-corrected chi connectivity index (χ1v) is 12.0. The summed E-state index contributed by atoms with van der Waals surface area (Å²) in [6.45, 7) is 11.1. The van der Waals surface area contributed by atoms with Crippen LogP contribution in [0.4, 0.5) is 10.5 Å². The summed E-state index contributed by atoms with van der Waals surface area (Å²) >= 11 is 0.